The normalized spacial score (nSPS) is 34.5. The third-order valence-electron chi connectivity index (χ3n) is 5.44. The maximum Gasteiger partial charge on any atom is 0.312 e. The first-order valence-electron chi connectivity index (χ1n) is 8.46. The molecule has 0 unspecified atom stereocenters. The molecule has 0 aliphatic carbocycles. The van der Waals surface area contributed by atoms with Crippen molar-refractivity contribution in [3.05, 3.63) is 48.0 Å². The van der Waals surface area contributed by atoms with Crippen molar-refractivity contribution in [1.82, 2.24) is 4.90 Å². The number of amides is 1. The van der Waals surface area contributed by atoms with Crippen molar-refractivity contribution >= 4 is 11.9 Å². The number of benzene rings is 1. The second kappa shape index (κ2) is 5.45. The molecule has 1 aromatic carbocycles. The molecule has 4 rings (SSSR count). The largest absolute Gasteiger partial charge is 0.466 e. The molecular weight excluding hydrogens is 306 g/mol. The molecule has 1 amide bonds. The number of hydrogen-bond donors (Lipinski definition) is 0. The van der Waals surface area contributed by atoms with E-state index in [1.165, 1.54) is 0 Å². The van der Waals surface area contributed by atoms with Gasteiger partial charge in [-0.1, -0.05) is 42.5 Å². The van der Waals surface area contributed by atoms with Crippen LogP contribution in [0.3, 0.4) is 0 Å². The van der Waals surface area contributed by atoms with Crippen molar-refractivity contribution in [3.8, 4) is 0 Å². The molecule has 0 radical (unpaired) electrons. The number of hydrogen-bond acceptors (Lipinski definition) is 4. The Kier molecular flexibility index (Phi) is 3.49. The van der Waals surface area contributed by atoms with Crippen molar-refractivity contribution in [2.45, 2.75) is 31.6 Å². The van der Waals surface area contributed by atoms with Gasteiger partial charge in [-0.3, -0.25) is 9.59 Å². The second-order valence-corrected chi connectivity index (χ2v) is 6.70. The molecule has 24 heavy (non-hydrogen) atoms. The lowest BCUT2D eigenvalue weighted by Crippen LogP contribution is -2.40. The molecular formula is C19H21NO4. The topological polar surface area (TPSA) is 55.8 Å². The Balaban J connectivity index is 1.64. The van der Waals surface area contributed by atoms with E-state index in [0.717, 1.165) is 5.56 Å². The highest BCUT2D eigenvalue weighted by atomic mass is 16.6. The molecule has 3 aliphatic heterocycles. The molecule has 2 fully saturated rings. The lowest BCUT2D eigenvalue weighted by molar-refractivity contribution is -0.153. The third kappa shape index (κ3) is 2.04. The van der Waals surface area contributed by atoms with Crippen molar-refractivity contribution in [3.63, 3.8) is 0 Å². The fraction of sp³-hybridized carbons (Fsp3) is 0.474. The fourth-order valence-corrected chi connectivity index (χ4v) is 4.27. The summed E-state index contributed by atoms with van der Waals surface area (Å²) >= 11 is 0. The van der Waals surface area contributed by atoms with E-state index < -0.39 is 17.4 Å². The first-order valence-corrected chi connectivity index (χ1v) is 8.46. The zero-order valence-electron chi connectivity index (χ0n) is 13.8. The van der Waals surface area contributed by atoms with E-state index in [1.54, 1.807) is 6.92 Å². The monoisotopic (exact) mass is 327 g/mol. The van der Waals surface area contributed by atoms with E-state index in [-0.39, 0.29) is 24.0 Å². The molecule has 126 valence electrons. The van der Waals surface area contributed by atoms with Crippen molar-refractivity contribution in [2.24, 2.45) is 11.8 Å². The van der Waals surface area contributed by atoms with Crippen molar-refractivity contribution in [1.29, 1.82) is 0 Å². The van der Waals surface area contributed by atoms with Gasteiger partial charge < -0.3 is 14.4 Å². The predicted octanol–water partition coefficient (Wildman–Crippen LogP) is 2.09. The summed E-state index contributed by atoms with van der Waals surface area (Å²) in [5.74, 6) is -1.36. The highest BCUT2D eigenvalue weighted by Gasteiger charge is 2.67. The summed E-state index contributed by atoms with van der Waals surface area (Å²) in [6.07, 6.45) is 3.53. The van der Waals surface area contributed by atoms with Gasteiger partial charge in [-0.25, -0.2) is 0 Å². The van der Waals surface area contributed by atoms with Gasteiger partial charge in [0.05, 0.1) is 31.2 Å². The predicted molar refractivity (Wildman–Crippen MR) is 86.9 cm³/mol. The summed E-state index contributed by atoms with van der Waals surface area (Å²) in [5.41, 5.74) is 0.399. The molecule has 2 bridgehead atoms. The van der Waals surface area contributed by atoms with Gasteiger partial charge in [0.1, 0.15) is 11.5 Å². The van der Waals surface area contributed by atoms with Gasteiger partial charge in [0.25, 0.3) is 0 Å². The SMILES string of the molecule is CCOC(=O)[C@@H]1[C@H]2C=C[C@@]3(CN([C@H](C)c4ccccc4)C(=O)[C@@H]13)O2. The zero-order valence-corrected chi connectivity index (χ0v) is 13.8. The summed E-state index contributed by atoms with van der Waals surface area (Å²) in [6.45, 7) is 4.58. The Bertz CT molecular complexity index is 701. The van der Waals surface area contributed by atoms with E-state index in [0.29, 0.717) is 13.2 Å². The minimum absolute atomic E-state index is 0.0174. The quantitative estimate of drug-likeness (QED) is 0.628. The van der Waals surface area contributed by atoms with Crippen LogP contribution < -0.4 is 0 Å². The Hall–Kier alpha value is -2.14. The van der Waals surface area contributed by atoms with Crippen LogP contribution in [0.1, 0.15) is 25.5 Å². The Morgan fingerprint density at radius 2 is 2.17 bits per heavy atom. The number of rotatable bonds is 4. The molecule has 3 heterocycles. The number of carbonyl (C=O) groups is 2. The summed E-state index contributed by atoms with van der Waals surface area (Å²) < 4.78 is 11.3. The highest BCUT2D eigenvalue weighted by molar-refractivity contribution is 5.91. The maximum atomic E-state index is 13.1. The van der Waals surface area contributed by atoms with Crippen molar-refractivity contribution in [2.75, 3.05) is 13.2 Å². The van der Waals surface area contributed by atoms with Gasteiger partial charge in [0.15, 0.2) is 0 Å². The van der Waals surface area contributed by atoms with Crippen LogP contribution in [0.25, 0.3) is 0 Å². The molecule has 0 aromatic heterocycles. The van der Waals surface area contributed by atoms with Gasteiger partial charge in [-0.05, 0) is 19.4 Å². The molecule has 5 atom stereocenters. The van der Waals surface area contributed by atoms with Gasteiger partial charge in [-0.2, -0.15) is 0 Å². The zero-order chi connectivity index (χ0) is 16.9. The van der Waals surface area contributed by atoms with E-state index >= 15 is 0 Å². The van der Waals surface area contributed by atoms with Crippen LogP contribution in [0.15, 0.2) is 42.5 Å². The van der Waals surface area contributed by atoms with Crippen LogP contribution in [0.5, 0.6) is 0 Å². The van der Waals surface area contributed by atoms with Gasteiger partial charge in [-0.15, -0.1) is 0 Å². The molecule has 3 aliphatic rings. The Morgan fingerprint density at radius 1 is 1.42 bits per heavy atom. The molecule has 1 aromatic rings. The average Bonchev–Trinajstić information content (AvgIpc) is 3.23. The lowest BCUT2D eigenvalue weighted by atomic mass is 9.77. The second-order valence-electron chi connectivity index (χ2n) is 6.70. The average molecular weight is 327 g/mol. The van der Waals surface area contributed by atoms with E-state index in [2.05, 4.69) is 0 Å². The van der Waals surface area contributed by atoms with Gasteiger partial charge in [0, 0.05) is 0 Å². The van der Waals surface area contributed by atoms with Crippen LogP contribution in [-0.4, -0.2) is 41.6 Å². The number of nitrogens with zero attached hydrogens (tertiary/aromatic N) is 1. The maximum absolute atomic E-state index is 13.1. The molecule has 0 saturated carbocycles. The van der Waals surface area contributed by atoms with Gasteiger partial charge >= 0.3 is 5.97 Å². The molecule has 1 spiro atoms. The lowest BCUT2D eigenvalue weighted by Gasteiger charge is -2.27. The van der Waals surface area contributed by atoms with E-state index in [1.807, 2.05) is 54.3 Å². The summed E-state index contributed by atoms with van der Waals surface area (Å²) in [4.78, 5) is 27.3. The van der Waals surface area contributed by atoms with Crippen molar-refractivity contribution < 1.29 is 19.1 Å². The van der Waals surface area contributed by atoms with Crippen LogP contribution in [0.4, 0.5) is 0 Å². The minimum Gasteiger partial charge on any atom is -0.466 e. The van der Waals surface area contributed by atoms with E-state index in [4.69, 9.17) is 9.47 Å². The van der Waals surface area contributed by atoms with Crippen LogP contribution in [0.2, 0.25) is 0 Å². The Labute approximate surface area is 141 Å². The number of esters is 1. The summed E-state index contributed by atoms with van der Waals surface area (Å²) in [7, 11) is 0. The van der Waals surface area contributed by atoms with Crippen LogP contribution in [-0.2, 0) is 19.1 Å². The molecule has 2 saturated heterocycles. The van der Waals surface area contributed by atoms with E-state index in [9.17, 15) is 9.59 Å². The number of fused-ring (bicyclic) bond motifs is 1. The fourth-order valence-electron chi connectivity index (χ4n) is 4.27. The smallest absolute Gasteiger partial charge is 0.312 e. The molecule has 0 N–H and O–H groups in total. The number of ether oxygens (including phenoxy) is 2. The summed E-state index contributed by atoms with van der Waals surface area (Å²) in [5, 5.41) is 0. The van der Waals surface area contributed by atoms with Crippen LogP contribution in [0, 0.1) is 11.8 Å². The highest BCUT2D eigenvalue weighted by Crippen LogP contribution is 2.53. The molecule has 5 heteroatoms. The number of carbonyl (C=O) groups excluding carboxylic acids is 2. The minimum atomic E-state index is -0.678. The first-order chi connectivity index (χ1) is 11.6. The standard InChI is InChI=1S/C19H21NO4/c1-3-23-18(22)15-14-9-10-19(24-14)11-20(17(21)16(15)19)12(2)13-7-5-4-6-8-13/h4-10,12,14-16H,3,11H2,1-2H3/t12-,14-,15-,16-,19+/m1/s1. The Morgan fingerprint density at radius 3 is 2.88 bits per heavy atom. The van der Waals surface area contributed by atoms with Crippen LogP contribution >= 0.6 is 0 Å². The number of likely N-dealkylation sites (tertiary alicyclic amines) is 1. The van der Waals surface area contributed by atoms with Gasteiger partial charge in [0.2, 0.25) is 5.91 Å². The first kappa shape index (κ1) is 15.4. The summed E-state index contributed by atoms with van der Waals surface area (Å²) in [6, 6.07) is 9.86. The third-order valence-corrected chi connectivity index (χ3v) is 5.44. The molecule has 5 nitrogen and oxygen atoms in total.